The van der Waals surface area contributed by atoms with E-state index in [9.17, 15) is 15.4 Å². The highest BCUT2D eigenvalue weighted by molar-refractivity contribution is 5.44. The molecule has 0 saturated carbocycles. The summed E-state index contributed by atoms with van der Waals surface area (Å²) >= 11 is 0. The highest BCUT2D eigenvalue weighted by atomic mass is 16.6. The van der Waals surface area contributed by atoms with Crippen LogP contribution in [0.15, 0.2) is 24.3 Å². The Morgan fingerprint density at radius 1 is 1.56 bits per heavy atom. The second kappa shape index (κ2) is 6.69. The summed E-state index contributed by atoms with van der Waals surface area (Å²) in [6, 6.07) is 7.53. The number of nitrogens with zero attached hydrogens (tertiary/aromatic N) is 3. The van der Waals surface area contributed by atoms with Crippen LogP contribution in [-0.4, -0.2) is 34.6 Å². The normalized spacial score (nSPS) is 12.1. The molecule has 1 aromatic carbocycles. The predicted octanol–water partition coefficient (Wildman–Crippen LogP) is 1.47. The number of aliphatic hydroxyl groups excluding tert-OH is 1. The van der Waals surface area contributed by atoms with Gasteiger partial charge in [-0.05, 0) is 12.6 Å². The number of nitro benzene ring substituents is 1. The van der Waals surface area contributed by atoms with Crippen molar-refractivity contribution in [2.45, 2.75) is 13.0 Å². The molecule has 18 heavy (non-hydrogen) atoms. The summed E-state index contributed by atoms with van der Waals surface area (Å²) in [6.07, 6.45) is 0. The van der Waals surface area contributed by atoms with Gasteiger partial charge < -0.3 is 5.11 Å². The first-order chi connectivity index (χ1) is 8.65. The summed E-state index contributed by atoms with van der Waals surface area (Å²) in [4.78, 5) is 12.1. The van der Waals surface area contributed by atoms with E-state index in [2.05, 4.69) is 6.07 Å². The number of nitro groups is 1. The van der Waals surface area contributed by atoms with E-state index in [1.54, 1.807) is 23.1 Å². The van der Waals surface area contributed by atoms with Gasteiger partial charge in [0, 0.05) is 12.6 Å². The molecule has 1 aromatic rings. The molecule has 0 aliphatic rings. The maximum Gasteiger partial charge on any atom is 0.275 e. The Morgan fingerprint density at radius 2 is 2.22 bits per heavy atom. The SMILES string of the molecule is CCN(CCO)C(C#N)c1ccccc1[N+](=O)[O-]. The summed E-state index contributed by atoms with van der Waals surface area (Å²) in [5.74, 6) is 0. The fourth-order valence-corrected chi connectivity index (χ4v) is 1.83. The van der Waals surface area contributed by atoms with Gasteiger partial charge >= 0.3 is 0 Å². The van der Waals surface area contributed by atoms with Crippen LogP contribution in [0.3, 0.4) is 0 Å². The fraction of sp³-hybridized carbons (Fsp3) is 0.417. The van der Waals surface area contributed by atoms with Crippen molar-refractivity contribution in [2.24, 2.45) is 0 Å². The Bertz CT molecular complexity index is 456. The summed E-state index contributed by atoms with van der Waals surface area (Å²) < 4.78 is 0. The lowest BCUT2D eigenvalue weighted by molar-refractivity contribution is -0.385. The number of aliphatic hydroxyl groups is 1. The Morgan fingerprint density at radius 3 is 2.72 bits per heavy atom. The van der Waals surface area contributed by atoms with Gasteiger partial charge in [-0.2, -0.15) is 5.26 Å². The van der Waals surface area contributed by atoms with Gasteiger partial charge in [-0.15, -0.1) is 0 Å². The van der Waals surface area contributed by atoms with Crippen LogP contribution >= 0.6 is 0 Å². The van der Waals surface area contributed by atoms with Gasteiger partial charge in [0.2, 0.25) is 0 Å². The summed E-state index contributed by atoms with van der Waals surface area (Å²) in [5, 5.41) is 29.1. The quantitative estimate of drug-likeness (QED) is 0.609. The van der Waals surface area contributed by atoms with Crippen LogP contribution in [0.25, 0.3) is 0 Å². The monoisotopic (exact) mass is 249 g/mol. The Hall–Kier alpha value is -1.97. The molecule has 0 radical (unpaired) electrons. The molecule has 96 valence electrons. The van der Waals surface area contributed by atoms with Gasteiger partial charge in [0.05, 0.1) is 23.2 Å². The van der Waals surface area contributed by atoms with Gasteiger partial charge in [-0.1, -0.05) is 19.1 Å². The first-order valence-corrected chi connectivity index (χ1v) is 5.63. The van der Waals surface area contributed by atoms with Crippen molar-refractivity contribution in [1.82, 2.24) is 4.90 Å². The Balaban J connectivity index is 3.16. The molecule has 6 nitrogen and oxygen atoms in total. The molecule has 0 aliphatic heterocycles. The largest absolute Gasteiger partial charge is 0.395 e. The minimum atomic E-state index is -0.719. The average Bonchev–Trinajstić information content (AvgIpc) is 2.39. The highest BCUT2D eigenvalue weighted by Crippen LogP contribution is 2.28. The van der Waals surface area contributed by atoms with Crippen LogP contribution in [0.2, 0.25) is 0 Å². The van der Waals surface area contributed by atoms with Crippen molar-refractivity contribution in [1.29, 1.82) is 5.26 Å². The lowest BCUT2D eigenvalue weighted by Gasteiger charge is -2.24. The molecular weight excluding hydrogens is 234 g/mol. The topological polar surface area (TPSA) is 90.4 Å². The first kappa shape index (κ1) is 14.1. The van der Waals surface area contributed by atoms with Crippen molar-refractivity contribution in [3.8, 4) is 6.07 Å². The lowest BCUT2D eigenvalue weighted by Crippen LogP contribution is -2.31. The molecule has 1 rings (SSSR count). The summed E-state index contributed by atoms with van der Waals surface area (Å²) in [5.41, 5.74) is 0.292. The third kappa shape index (κ3) is 3.03. The van der Waals surface area contributed by atoms with Crippen molar-refractivity contribution in [3.05, 3.63) is 39.9 Å². The number of hydrogen-bond acceptors (Lipinski definition) is 5. The minimum Gasteiger partial charge on any atom is -0.395 e. The van der Waals surface area contributed by atoms with E-state index in [4.69, 9.17) is 5.11 Å². The van der Waals surface area contributed by atoms with Crippen molar-refractivity contribution in [3.63, 3.8) is 0 Å². The van der Waals surface area contributed by atoms with E-state index in [1.165, 1.54) is 6.07 Å². The van der Waals surface area contributed by atoms with E-state index in [0.29, 0.717) is 18.7 Å². The zero-order chi connectivity index (χ0) is 13.5. The Labute approximate surface area is 105 Å². The number of benzene rings is 1. The maximum atomic E-state index is 10.9. The lowest BCUT2D eigenvalue weighted by atomic mass is 10.0. The van der Waals surface area contributed by atoms with Crippen LogP contribution in [0, 0.1) is 21.4 Å². The highest BCUT2D eigenvalue weighted by Gasteiger charge is 2.25. The van der Waals surface area contributed by atoms with E-state index in [-0.39, 0.29) is 12.3 Å². The molecule has 6 heteroatoms. The maximum absolute atomic E-state index is 10.9. The second-order valence-corrected chi connectivity index (χ2v) is 3.70. The first-order valence-electron chi connectivity index (χ1n) is 5.63. The number of rotatable bonds is 6. The fourth-order valence-electron chi connectivity index (χ4n) is 1.83. The van der Waals surface area contributed by atoms with Gasteiger partial charge in [-0.3, -0.25) is 15.0 Å². The zero-order valence-corrected chi connectivity index (χ0v) is 10.1. The van der Waals surface area contributed by atoms with Crippen LogP contribution in [0.4, 0.5) is 5.69 Å². The molecule has 0 fully saturated rings. The van der Waals surface area contributed by atoms with Gasteiger partial charge in [0.25, 0.3) is 5.69 Å². The predicted molar refractivity (Wildman–Crippen MR) is 65.8 cm³/mol. The second-order valence-electron chi connectivity index (χ2n) is 3.70. The standard InChI is InChI=1S/C12H15N3O3/c1-2-14(7-8-16)12(9-13)10-5-3-4-6-11(10)15(17)18/h3-6,12,16H,2,7-8H2,1H3. The van der Waals surface area contributed by atoms with Gasteiger partial charge in [-0.25, -0.2) is 0 Å². The zero-order valence-electron chi connectivity index (χ0n) is 10.1. The molecular formula is C12H15N3O3. The van der Waals surface area contributed by atoms with E-state index in [0.717, 1.165) is 0 Å². The van der Waals surface area contributed by atoms with Crippen LogP contribution in [0.1, 0.15) is 18.5 Å². The molecule has 0 amide bonds. The molecule has 1 unspecified atom stereocenters. The summed E-state index contributed by atoms with van der Waals surface area (Å²) in [7, 11) is 0. The Kier molecular flexibility index (Phi) is 5.24. The molecule has 0 saturated heterocycles. The van der Waals surface area contributed by atoms with Crippen LogP contribution in [0.5, 0.6) is 0 Å². The van der Waals surface area contributed by atoms with Gasteiger partial charge in [0.15, 0.2) is 0 Å². The third-order valence-electron chi connectivity index (χ3n) is 2.71. The van der Waals surface area contributed by atoms with Crippen molar-refractivity contribution >= 4 is 5.69 Å². The van der Waals surface area contributed by atoms with E-state index >= 15 is 0 Å². The molecule has 1 atom stereocenters. The smallest absolute Gasteiger partial charge is 0.275 e. The molecule has 0 aliphatic carbocycles. The third-order valence-corrected chi connectivity index (χ3v) is 2.71. The van der Waals surface area contributed by atoms with Crippen LogP contribution in [-0.2, 0) is 0 Å². The molecule has 0 spiro atoms. The van der Waals surface area contributed by atoms with E-state index < -0.39 is 11.0 Å². The van der Waals surface area contributed by atoms with Crippen LogP contribution < -0.4 is 0 Å². The van der Waals surface area contributed by atoms with Crippen molar-refractivity contribution in [2.75, 3.05) is 19.7 Å². The molecule has 0 aromatic heterocycles. The minimum absolute atomic E-state index is 0.0690. The average molecular weight is 249 g/mol. The van der Waals surface area contributed by atoms with Gasteiger partial charge in [0.1, 0.15) is 6.04 Å². The molecule has 0 bridgehead atoms. The number of likely N-dealkylation sites (N-methyl/N-ethyl adjacent to an activating group) is 1. The number of para-hydroxylation sites is 1. The molecule has 0 heterocycles. The summed E-state index contributed by atoms with van der Waals surface area (Å²) in [6.45, 7) is 2.59. The molecule has 1 N–H and O–H groups in total. The number of nitriles is 1. The van der Waals surface area contributed by atoms with Crippen molar-refractivity contribution < 1.29 is 10.0 Å². The number of hydrogen-bond donors (Lipinski definition) is 1. The van der Waals surface area contributed by atoms with E-state index in [1.807, 2.05) is 6.92 Å².